The normalized spacial score (nSPS) is 23.3. The highest BCUT2D eigenvalue weighted by molar-refractivity contribution is 5.76. The van der Waals surface area contributed by atoms with Gasteiger partial charge in [-0.05, 0) is 18.8 Å². The molecule has 0 aromatic rings. The predicted molar refractivity (Wildman–Crippen MR) is 69.2 cm³/mol. The molecule has 3 N–H and O–H groups in total. The average Bonchev–Trinajstić information content (AvgIpc) is 2.74. The van der Waals surface area contributed by atoms with Crippen molar-refractivity contribution in [2.45, 2.75) is 45.6 Å². The van der Waals surface area contributed by atoms with Crippen molar-refractivity contribution in [2.75, 3.05) is 13.1 Å². The van der Waals surface area contributed by atoms with Crippen LogP contribution >= 0.6 is 0 Å². The lowest BCUT2D eigenvalue weighted by molar-refractivity contribution is -0.143. The zero-order valence-electron chi connectivity index (χ0n) is 11.2. The molecule has 0 aromatic heterocycles. The van der Waals surface area contributed by atoms with Crippen LogP contribution in [0.15, 0.2) is 0 Å². The lowest BCUT2D eigenvalue weighted by atomic mass is 9.96. The minimum absolute atomic E-state index is 0.000751. The van der Waals surface area contributed by atoms with Crippen molar-refractivity contribution in [3.8, 4) is 0 Å². The maximum atomic E-state index is 11.6. The molecule has 18 heavy (non-hydrogen) atoms. The second-order valence-electron chi connectivity index (χ2n) is 5.30. The number of rotatable bonds is 7. The fourth-order valence-corrected chi connectivity index (χ4v) is 2.41. The highest BCUT2D eigenvalue weighted by Crippen LogP contribution is 2.31. The Hall–Kier alpha value is -1.10. The van der Waals surface area contributed by atoms with Gasteiger partial charge in [0.25, 0.3) is 0 Å². The number of aliphatic carboxylic acids is 1. The first-order valence-electron chi connectivity index (χ1n) is 6.73. The molecule has 5 heteroatoms. The molecule has 2 atom stereocenters. The van der Waals surface area contributed by atoms with E-state index in [2.05, 4.69) is 10.6 Å². The topological polar surface area (TPSA) is 78.4 Å². The minimum Gasteiger partial charge on any atom is -0.481 e. The van der Waals surface area contributed by atoms with E-state index in [1.807, 2.05) is 13.8 Å². The van der Waals surface area contributed by atoms with Crippen LogP contribution < -0.4 is 10.6 Å². The summed E-state index contributed by atoms with van der Waals surface area (Å²) in [5.74, 6) is -0.906. The van der Waals surface area contributed by atoms with Gasteiger partial charge in [0.05, 0.1) is 5.92 Å². The second-order valence-corrected chi connectivity index (χ2v) is 5.30. The van der Waals surface area contributed by atoms with E-state index in [1.165, 1.54) is 0 Å². The van der Waals surface area contributed by atoms with Gasteiger partial charge in [-0.15, -0.1) is 0 Å². The molecule has 1 aliphatic rings. The zero-order chi connectivity index (χ0) is 13.5. The summed E-state index contributed by atoms with van der Waals surface area (Å²) in [6.45, 7) is 5.23. The molecule has 0 spiro atoms. The second kappa shape index (κ2) is 7.36. The van der Waals surface area contributed by atoms with Gasteiger partial charge < -0.3 is 15.7 Å². The summed E-state index contributed by atoms with van der Waals surface area (Å²) in [5.41, 5.74) is 0. The van der Waals surface area contributed by atoms with E-state index in [1.54, 1.807) is 0 Å². The number of carboxylic acid groups (broad SMARTS) is 1. The number of carbonyl (C=O) groups excluding carboxylic acids is 1. The molecule has 0 aromatic carbocycles. The van der Waals surface area contributed by atoms with Gasteiger partial charge in [0.2, 0.25) is 5.91 Å². The number of amides is 1. The molecule has 0 heterocycles. The predicted octanol–water partition coefficient (Wildman–Crippen LogP) is 0.992. The number of carboxylic acids is 1. The molecule has 0 saturated heterocycles. The largest absolute Gasteiger partial charge is 0.481 e. The highest BCUT2D eigenvalue weighted by atomic mass is 16.4. The van der Waals surface area contributed by atoms with Gasteiger partial charge in [-0.2, -0.15) is 0 Å². The summed E-state index contributed by atoms with van der Waals surface area (Å²) >= 11 is 0. The van der Waals surface area contributed by atoms with Gasteiger partial charge in [-0.3, -0.25) is 9.59 Å². The number of hydrogen-bond acceptors (Lipinski definition) is 3. The van der Waals surface area contributed by atoms with E-state index in [0.29, 0.717) is 25.6 Å². The van der Waals surface area contributed by atoms with E-state index < -0.39 is 5.97 Å². The molecule has 1 amide bonds. The molecule has 1 rings (SSSR count). The Labute approximate surface area is 108 Å². The Morgan fingerprint density at radius 2 is 2.06 bits per heavy atom. The first kappa shape index (κ1) is 15.0. The van der Waals surface area contributed by atoms with Crippen LogP contribution in [0.5, 0.6) is 0 Å². The first-order valence-corrected chi connectivity index (χ1v) is 6.73. The maximum Gasteiger partial charge on any atom is 0.306 e. The summed E-state index contributed by atoms with van der Waals surface area (Å²) in [7, 11) is 0. The van der Waals surface area contributed by atoms with Gasteiger partial charge in [0.1, 0.15) is 0 Å². The fraction of sp³-hybridized carbons (Fsp3) is 0.846. The Morgan fingerprint density at radius 1 is 1.33 bits per heavy atom. The molecule has 0 bridgehead atoms. The standard InChI is InChI=1S/C13H24N2O3/c1-9(2)14-7-6-12(16)15-8-10-4-3-5-11(10)13(17)18/h9-11,14H,3-8H2,1-2H3,(H,15,16)(H,17,18). The van der Waals surface area contributed by atoms with Crippen LogP contribution in [-0.4, -0.2) is 36.1 Å². The number of carbonyl (C=O) groups is 2. The van der Waals surface area contributed by atoms with Gasteiger partial charge in [-0.1, -0.05) is 20.3 Å². The van der Waals surface area contributed by atoms with Crippen molar-refractivity contribution in [1.82, 2.24) is 10.6 Å². The average molecular weight is 256 g/mol. The summed E-state index contributed by atoms with van der Waals surface area (Å²) in [5, 5.41) is 15.0. The van der Waals surface area contributed by atoms with Gasteiger partial charge >= 0.3 is 5.97 Å². The lowest BCUT2D eigenvalue weighted by Crippen LogP contribution is -2.35. The van der Waals surface area contributed by atoms with Crippen molar-refractivity contribution >= 4 is 11.9 Å². The minimum atomic E-state index is -0.728. The number of nitrogens with one attached hydrogen (secondary N) is 2. The molecular weight excluding hydrogens is 232 g/mol. The molecule has 2 unspecified atom stereocenters. The maximum absolute atomic E-state index is 11.6. The van der Waals surface area contributed by atoms with Gasteiger partial charge in [-0.25, -0.2) is 0 Å². The first-order chi connectivity index (χ1) is 8.50. The summed E-state index contributed by atoms with van der Waals surface area (Å²) in [6.07, 6.45) is 3.04. The Morgan fingerprint density at radius 3 is 2.67 bits per heavy atom. The van der Waals surface area contributed by atoms with E-state index >= 15 is 0 Å². The third-order valence-electron chi connectivity index (χ3n) is 3.44. The van der Waals surface area contributed by atoms with Crippen LogP contribution in [0, 0.1) is 11.8 Å². The molecule has 1 saturated carbocycles. The zero-order valence-corrected chi connectivity index (χ0v) is 11.2. The van der Waals surface area contributed by atoms with Crippen molar-refractivity contribution < 1.29 is 14.7 Å². The third-order valence-corrected chi connectivity index (χ3v) is 3.44. The van der Waals surface area contributed by atoms with Gasteiger partial charge in [0, 0.05) is 25.6 Å². The smallest absolute Gasteiger partial charge is 0.306 e. The van der Waals surface area contributed by atoms with E-state index in [-0.39, 0.29) is 17.7 Å². The van der Waals surface area contributed by atoms with Crippen LogP contribution in [0.1, 0.15) is 39.5 Å². The quantitative estimate of drug-likeness (QED) is 0.635. The summed E-state index contributed by atoms with van der Waals surface area (Å²) in [4.78, 5) is 22.5. The van der Waals surface area contributed by atoms with Crippen LogP contribution in [0.3, 0.4) is 0 Å². The number of hydrogen-bond donors (Lipinski definition) is 3. The molecule has 0 aliphatic heterocycles. The molecule has 0 radical (unpaired) electrons. The highest BCUT2D eigenvalue weighted by Gasteiger charge is 2.32. The Balaban J connectivity index is 2.19. The third kappa shape index (κ3) is 5.04. The molecule has 5 nitrogen and oxygen atoms in total. The van der Waals surface area contributed by atoms with Crippen molar-refractivity contribution in [1.29, 1.82) is 0 Å². The van der Waals surface area contributed by atoms with E-state index in [9.17, 15) is 9.59 Å². The van der Waals surface area contributed by atoms with Gasteiger partial charge in [0.15, 0.2) is 0 Å². The molecule has 1 aliphatic carbocycles. The van der Waals surface area contributed by atoms with E-state index in [0.717, 1.165) is 19.3 Å². The summed E-state index contributed by atoms with van der Waals surface area (Å²) in [6, 6.07) is 0.379. The van der Waals surface area contributed by atoms with Crippen LogP contribution in [0.2, 0.25) is 0 Å². The SMILES string of the molecule is CC(C)NCCC(=O)NCC1CCCC1C(=O)O. The molecule has 104 valence electrons. The van der Waals surface area contributed by atoms with Crippen LogP contribution in [0.25, 0.3) is 0 Å². The van der Waals surface area contributed by atoms with E-state index in [4.69, 9.17) is 5.11 Å². The molecule has 1 fully saturated rings. The Bertz CT molecular complexity index is 292. The summed E-state index contributed by atoms with van der Waals surface area (Å²) < 4.78 is 0. The van der Waals surface area contributed by atoms with Crippen molar-refractivity contribution in [3.63, 3.8) is 0 Å². The fourth-order valence-electron chi connectivity index (χ4n) is 2.41. The van der Waals surface area contributed by atoms with Crippen LogP contribution in [-0.2, 0) is 9.59 Å². The monoisotopic (exact) mass is 256 g/mol. The molecular formula is C13H24N2O3. The van der Waals surface area contributed by atoms with Crippen molar-refractivity contribution in [2.24, 2.45) is 11.8 Å². The van der Waals surface area contributed by atoms with Crippen LogP contribution in [0.4, 0.5) is 0 Å². The Kier molecular flexibility index (Phi) is 6.12. The lowest BCUT2D eigenvalue weighted by Gasteiger charge is -2.16. The van der Waals surface area contributed by atoms with Crippen molar-refractivity contribution in [3.05, 3.63) is 0 Å².